The number of amides is 1. The monoisotopic (exact) mass is 210 g/mol. The Morgan fingerprint density at radius 2 is 2.47 bits per heavy atom. The fourth-order valence-corrected chi connectivity index (χ4v) is 1.26. The van der Waals surface area contributed by atoms with Crippen LogP contribution in [-0.2, 0) is 11.3 Å². The highest BCUT2D eigenvalue weighted by Gasteiger charge is 2.03. The number of carbonyl (C=O) groups is 1. The van der Waals surface area contributed by atoms with E-state index in [0.717, 1.165) is 5.56 Å². The van der Waals surface area contributed by atoms with Crippen LogP contribution in [0.15, 0.2) is 12.4 Å². The molecule has 1 aromatic heterocycles. The molecule has 0 aliphatic carbocycles. The van der Waals surface area contributed by atoms with Gasteiger partial charge in [0.05, 0.1) is 12.7 Å². The highest BCUT2D eigenvalue weighted by molar-refractivity contribution is 5.76. The van der Waals surface area contributed by atoms with Gasteiger partial charge in [0.1, 0.15) is 0 Å². The molecular weight excluding hydrogens is 192 g/mol. The summed E-state index contributed by atoms with van der Waals surface area (Å²) in [5.41, 5.74) is 6.62. The number of aryl methyl sites for hydroxylation is 1. The van der Waals surface area contributed by atoms with Crippen LogP contribution in [0, 0.1) is 6.92 Å². The smallest absolute Gasteiger partial charge is 0.221 e. The maximum absolute atomic E-state index is 11.2. The zero-order chi connectivity index (χ0) is 11.3. The Bertz CT molecular complexity index is 319. The Balaban J connectivity index is 2.19. The zero-order valence-electron chi connectivity index (χ0n) is 9.23. The van der Waals surface area contributed by atoms with Crippen LogP contribution in [0.2, 0.25) is 0 Å². The van der Waals surface area contributed by atoms with Gasteiger partial charge in [-0.15, -0.1) is 0 Å². The van der Waals surface area contributed by atoms with Gasteiger partial charge in [-0.2, -0.15) is 5.10 Å². The minimum absolute atomic E-state index is 0.00567. The lowest BCUT2D eigenvalue weighted by molar-refractivity contribution is -0.121. The number of carbonyl (C=O) groups excluding carboxylic acids is 1. The molecule has 0 aliphatic rings. The van der Waals surface area contributed by atoms with E-state index < -0.39 is 0 Å². The summed E-state index contributed by atoms with van der Waals surface area (Å²) in [7, 11) is 0. The minimum atomic E-state index is -0.0862. The molecule has 0 aliphatic heterocycles. The lowest BCUT2D eigenvalue weighted by Gasteiger charge is -2.07. The number of rotatable bonds is 5. The lowest BCUT2D eigenvalue weighted by Crippen LogP contribution is -2.32. The summed E-state index contributed by atoms with van der Waals surface area (Å²) < 4.78 is 1.81. The summed E-state index contributed by atoms with van der Waals surface area (Å²) >= 11 is 0. The number of hydrogen-bond donors (Lipinski definition) is 2. The molecule has 5 nitrogen and oxygen atoms in total. The van der Waals surface area contributed by atoms with Gasteiger partial charge < -0.3 is 11.1 Å². The normalized spacial score (nSPS) is 12.5. The molecule has 1 amide bonds. The second-order valence-corrected chi connectivity index (χ2v) is 3.81. The van der Waals surface area contributed by atoms with E-state index in [4.69, 9.17) is 5.73 Å². The average molecular weight is 210 g/mol. The molecule has 1 atom stereocenters. The Labute approximate surface area is 89.6 Å². The van der Waals surface area contributed by atoms with E-state index in [-0.39, 0.29) is 11.9 Å². The number of nitrogens with one attached hydrogen (secondary N) is 1. The van der Waals surface area contributed by atoms with Crippen LogP contribution in [0.4, 0.5) is 0 Å². The molecule has 0 saturated carbocycles. The first-order valence-corrected chi connectivity index (χ1v) is 5.09. The van der Waals surface area contributed by atoms with Gasteiger partial charge in [-0.05, 0) is 19.4 Å². The van der Waals surface area contributed by atoms with E-state index in [2.05, 4.69) is 10.4 Å². The molecule has 0 saturated heterocycles. The molecule has 1 unspecified atom stereocenters. The van der Waals surface area contributed by atoms with E-state index in [1.165, 1.54) is 0 Å². The number of hydrogen-bond acceptors (Lipinski definition) is 3. The quantitative estimate of drug-likeness (QED) is 0.721. The average Bonchev–Trinajstić information content (AvgIpc) is 2.50. The third-order valence-corrected chi connectivity index (χ3v) is 1.93. The molecule has 1 aromatic rings. The van der Waals surface area contributed by atoms with Crippen molar-refractivity contribution in [3.8, 4) is 0 Å². The second-order valence-electron chi connectivity index (χ2n) is 3.81. The molecule has 5 heteroatoms. The molecule has 3 N–H and O–H groups in total. The SMILES string of the molecule is Cc1cnn(CCNC(=O)CC(C)N)c1. The third-order valence-electron chi connectivity index (χ3n) is 1.93. The van der Waals surface area contributed by atoms with Gasteiger partial charge in [-0.1, -0.05) is 0 Å². The van der Waals surface area contributed by atoms with Crippen molar-refractivity contribution in [1.29, 1.82) is 0 Å². The highest BCUT2D eigenvalue weighted by atomic mass is 16.1. The minimum Gasteiger partial charge on any atom is -0.354 e. The number of aromatic nitrogens is 2. The predicted molar refractivity (Wildman–Crippen MR) is 58.2 cm³/mol. The van der Waals surface area contributed by atoms with Crippen molar-refractivity contribution >= 4 is 5.91 Å². The topological polar surface area (TPSA) is 72.9 Å². The van der Waals surface area contributed by atoms with E-state index in [9.17, 15) is 4.79 Å². The molecule has 0 radical (unpaired) electrons. The zero-order valence-corrected chi connectivity index (χ0v) is 9.23. The van der Waals surface area contributed by atoms with Crippen LogP contribution in [0.25, 0.3) is 0 Å². The van der Waals surface area contributed by atoms with E-state index in [0.29, 0.717) is 19.5 Å². The van der Waals surface area contributed by atoms with Gasteiger partial charge in [0.25, 0.3) is 0 Å². The van der Waals surface area contributed by atoms with Crippen molar-refractivity contribution < 1.29 is 4.79 Å². The van der Waals surface area contributed by atoms with Crippen LogP contribution in [0.1, 0.15) is 18.9 Å². The molecule has 1 rings (SSSR count). The summed E-state index contributed by atoms with van der Waals surface area (Å²) in [6.45, 7) is 5.08. The number of nitrogens with zero attached hydrogens (tertiary/aromatic N) is 2. The van der Waals surface area contributed by atoms with E-state index >= 15 is 0 Å². The molecule has 15 heavy (non-hydrogen) atoms. The first-order valence-electron chi connectivity index (χ1n) is 5.09. The van der Waals surface area contributed by atoms with Gasteiger partial charge in [0.2, 0.25) is 5.91 Å². The van der Waals surface area contributed by atoms with Gasteiger partial charge in [-0.3, -0.25) is 9.48 Å². The lowest BCUT2D eigenvalue weighted by atomic mass is 10.2. The van der Waals surface area contributed by atoms with Gasteiger partial charge in [0.15, 0.2) is 0 Å². The summed E-state index contributed by atoms with van der Waals surface area (Å²) in [6.07, 6.45) is 4.11. The largest absolute Gasteiger partial charge is 0.354 e. The Morgan fingerprint density at radius 3 is 3.00 bits per heavy atom. The van der Waals surface area contributed by atoms with Crippen LogP contribution in [0.3, 0.4) is 0 Å². The maximum Gasteiger partial charge on any atom is 0.221 e. The first kappa shape index (κ1) is 11.7. The molecule has 0 bridgehead atoms. The summed E-state index contributed by atoms with van der Waals surface area (Å²) in [5.74, 6) is -0.00567. The van der Waals surface area contributed by atoms with E-state index in [1.54, 1.807) is 6.20 Å². The first-order chi connectivity index (χ1) is 7.08. The molecule has 0 spiro atoms. The van der Waals surface area contributed by atoms with Crippen molar-refractivity contribution in [3.05, 3.63) is 18.0 Å². The second kappa shape index (κ2) is 5.50. The Kier molecular flexibility index (Phi) is 4.30. The molecular formula is C10H18N4O. The molecule has 1 heterocycles. The summed E-state index contributed by atoms with van der Waals surface area (Å²) in [4.78, 5) is 11.2. The summed E-state index contributed by atoms with van der Waals surface area (Å²) in [6, 6.07) is -0.0862. The molecule has 0 fully saturated rings. The molecule has 0 aromatic carbocycles. The van der Waals surface area contributed by atoms with Crippen molar-refractivity contribution in [2.75, 3.05) is 6.54 Å². The summed E-state index contributed by atoms with van der Waals surface area (Å²) in [5, 5.41) is 6.91. The van der Waals surface area contributed by atoms with Crippen molar-refractivity contribution in [3.63, 3.8) is 0 Å². The predicted octanol–water partition coefficient (Wildman–Crippen LogP) is 0.0450. The van der Waals surface area contributed by atoms with Crippen LogP contribution < -0.4 is 11.1 Å². The standard InChI is InChI=1S/C10H18N4O/c1-8-6-13-14(7-8)4-3-12-10(15)5-9(2)11/h6-7,9H,3-5,11H2,1-2H3,(H,12,15). The fourth-order valence-electron chi connectivity index (χ4n) is 1.26. The van der Waals surface area contributed by atoms with Crippen molar-refractivity contribution in [1.82, 2.24) is 15.1 Å². The van der Waals surface area contributed by atoms with Crippen molar-refractivity contribution in [2.45, 2.75) is 32.9 Å². The van der Waals surface area contributed by atoms with Gasteiger partial charge in [-0.25, -0.2) is 0 Å². The fraction of sp³-hybridized carbons (Fsp3) is 0.600. The number of nitrogens with two attached hydrogens (primary N) is 1. The third kappa shape index (κ3) is 4.60. The van der Waals surface area contributed by atoms with Crippen LogP contribution >= 0.6 is 0 Å². The van der Waals surface area contributed by atoms with Gasteiger partial charge >= 0.3 is 0 Å². The highest BCUT2D eigenvalue weighted by Crippen LogP contribution is 1.93. The molecule has 84 valence electrons. The van der Waals surface area contributed by atoms with Crippen LogP contribution in [0.5, 0.6) is 0 Å². The van der Waals surface area contributed by atoms with E-state index in [1.807, 2.05) is 24.7 Å². The van der Waals surface area contributed by atoms with Crippen LogP contribution in [-0.4, -0.2) is 28.3 Å². The maximum atomic E-state index is 11.2. The van der Waals surface area contributed by atoms with Crippen molar-refractivity contribution in [2.24, 2.45) is 5.73 Å². The van der Waals surface area contributed by atoms with Gasteiger partial charge in [0, 0.05) is 25.2 Å². The Morgan fingerprint density at radius 1 is 1.73 bits per heavy atom. The Hall–Kier alpha value is -1.36.